The molecule has 2 aromatic heterocycles. The van der Waals surface area contributed by atoms with Gasteiger partial charge in [-0.05, 0) is 49.6 Å². The highest BCUT2D eigenvalue weighted by atomic mass is 19.1. The molecule has 0 N–H and O–H groups in total. The van der Waals surface area contributed by atoms with Crippen LogP contribution in [-0.2, 0) is 6.54 Å². The quantitative estimate of drug-likeness (QED) is 0.648. The molecule has 5 rings (SSSR count). The number of carbonyl (C=O) groups is 1. The lowest BCUT2D eigenvalue weighted by Crippen LogP contribution is -2.50. The fraction of sp³-hybridized carbons (Fsp3) is 0.348. The lowest BCUT2D eigenvalue weighted by Gasteiger charge is -2.37. The van der Waals surface area contributed by atoms with Gasteiger partial charge in [0.05, 0.1) is 12.0 Å². The highest BCUT2D eigenvalue weighted by Crippen LogP contribution is 2.39. The van der Waals surface area contributed by atoms with Crippen molar-refractivity contribution in [1.82, 2.24) is 19.0 Å². The first-order chi connectivity index (χ1) is 14.9. The molecule has 1 aliphatic carbocycles. The molecule has 0 saturated heterocycles. The van der Waals surface area contributed by atoms with E-state index in [1.165, 1.54) is 16.7 Å². The molecule has 3 aromatic rings. The highest BCUT2D eigenvalue weighted by Gasteiger charge is 2.38. The minimum absolute atomic E-state index is 0.124. The molecule has 160 valence electrons. The standard InChI is InChI=1S/C23H22F2N4O2/c1-14-12-27(13-26-14)20-5-6-21-23(31)28(7-8-29(21)22(20)30)19-4-2-3-18(19)15-9-16(24)11-17(25)10-15/h5-6,9-13,18-19H,2-4,7-8H2,1H3/t18-,19-/m1/s1. The number of aryl methyl sites for hydroxylation is 1. The summed E-state index contributed by atoms with van der Waals surface area (Å²) in [6.45, 7) is 2.61. The van der Waals surface area contributed by atoms with E-state index in [1.54, 1.807) is 34.1 Å². The van der Waals surface area contributed by atoms with E-state index in [0.29, 0.717) is 30.0 Å². The van der Waals surface area contributed by atoms with Gasteiger partial charge in [-0.3, -0.25) is 9.59 Å². The predicted octanol–water partition coefficient (Wildman–Crippen LogP) is 3.41. The maximum Gasteiger partial charge on any atom is 0.275 e. The molecule has 3 heterocycles. The number of aromatic nitrogens is 3. The second-order valence-electron chi connectivity index (χ2n) is 8.29. The number of hydrogen-bond donors (Lipinski definition) is 0. The number of rotatable bonds is 3. The zero-order chi connectivity index (χ0) is 21.7. The summed E-state index contributed by atoms with van der Waals surface area (Å²) in [7, 11) is 0. The summed E-state index contributed by atoms with van der Waals surface area (Å²) >= 11 is 0. The number of carbonyl (C=O) groups excluding carboxylic acids is 1. The Bertz CT molecular complexity index is 1210. The summed E-state index contributed by atoms with van der Waals surface area (Å²) < 4.78 is 30.7. The van der Waals surface area contributed by atoms with Crippen LogP contribution in [0.15, 0.2) is 47.7 Å². The van der Waals surface area contributed by atoms with Crippen LogP contribution in [-0.4, -0.2) is 37.5 Å². The van der Waals surface area contributed by atoms with E-state index in [9.17, 15) is 18.4 Å². The van der Waals surface area contributed by atoms with E-state index < -0.39 is 11.6 Å². The number of fused-ring (bicyclic) bond motifs is 1. The van der Waals surface area contributed by atoms with E-state index in [-0.39, 0.29) is 23.4 Å². The van der Waals surface area contributed by atoms with Gasteiger partial charge < -0.3 is 14.0 Å². The minimum Gasteiger partial charge on any atom is -0.332 e. The highest BCUT2D eigenvalue weighted by molar-refractivity contribution is 5.93. The lowest BCUT2D eigenvalue weighted by atomic mass is 9.92. The van der Waals surface area contributed by atoms with Crippen molar-refractivity contribution in [1.29, 1.82) is 0 Å². The van der Waals surface area contributed by atoms with Crippen LogP contribution in [0.2, 0.25) is 0 Å². The zero-order valence-electron chi connectivity index (χ0n) is 17.1. The van der Waals surface area contributed by atoms with Crippen LogP contribution in [0.4, 0.5) is 8.78 Å². The molecule has 0 bridgehead atoms. The number of hydrogen-bond acceptors (Lipinski definition) is 3. The van der Waals surface area contributed by atoms with E-state index in [4.69, 9.17) is 0 Å². The number of nitrogens with zero attached hydrogens (tertiary/aromatic N) is 4. The van der Waals surface area contributed by atoms with Crippen molar-refractivity contribution in [2.45, 2.75) is 44.7 Å². The Morgan fingerprint density at radius 3 is 2.52 bits per heavy atom. The van der Waals surface area contributed by atoms with Gasteiger partial charge in [-0.1, -0.05) is 6.42 Å². The van der Waals surface area contributed by atoms with Crippen molar-refractivity contribution in [2.24, 2.45) is 0 Å². The van der Waals surface area contributed by atoms with Gasteiger partial charge in [0.1, 0.15) is 23.0 Å². The summed E-state index contributed by atoms with van der Waals surface area (Å²) in [5.74, 6) is -1.55. The fourth-order valence-electron chi connectivity index (χ4n) is 4.99. The van der Waals surface area contributed by atoms with Gasteiger partial charge in [0.25, 0.3) is 11.5 Å². The first-order valence-corrected chi connectivity index (χ1v) is 10.4. The normalized spacial score (nSPS) is 20.9. The number of imidazole rings is 1. The number of halogens is 2. The zero-order valence-corrected chi connectivity index (χ0v) is 17.1. The molecule has 1 aromatic carbocycles. The third-order valence-electron chi connectivity index (χ3n) is 6.38. The van der Waals surface area contributed by atoms with E-state index >= 15 is 0 Å². The second kappa shape index (κ2) is 7.44. The van der Waals surface area contributed by atoms with Crippen LogP contribution < -0.4 is 5.56 Å². The molecule has 0 unspecified atom stereocenters. The molecular weight excluding hydrogens is 402 g/mol. The average Bonchev–Trinajstić information content (AvgIpc) is 3.37. The summed E-state index contributed by atoms with van der Waals surface area (Å²) in [6.07, 6.45) is 5.76. The molecule has 1 aliphatic heterocycles. The Morgan fingerprint density at radius 2 is 1.81 bits per heavy atom. The SMILES string of the molecule is Cc1cn(-c2ccc3n(c2=O)CCN([C@@H]2CCC[C@@H]2c2cc(F)cc(F)c2)C3=O)cn1. The van der Waals surface area contributed by atoms with Crippen molar-refractivity contribution in [3.05, 3.63) is 81.8 Å². The second-order valence-corrected chi connectivity index (χ2v) is 8.29. The third kappa shape index (κ3) is 3.36. The largest absolute Gasteiger partial charge is 0.332 e. The average molecular weight is 424 g/mol. The van der Waals surface area contributed by atoms with Crippen LogP contribution in [0.25, 0.3) is 5.69 Å². The van der Waals surface area contributed by atoms with Crippen molar-refractivity contribution < 1.29 is 13.6 Å². The molecule has 31 heavy (non-hydrogen) atoms. The van der Waals surface area contributed by atoms with E-state index in [0.717, 1.165) is 31.0 Å². The Kier molecular flexibility index (Phi) is 4.72. The molecule has 1 amide bonds. The van der Waals surface area contributed by atoms with Crippen LogP contribution in [0.1, 0.15) is 46.9 Å². The Morgan fingerprint density at radius 1 is 1.03 bits per heavy atom. The van der Waals surface area contributed by atoms with Crippen molar-refractivity contribution >= 4 is 5.91 Å². The van der Waals surface area contributed by atoms with E-state index in [1.807, 2.05) is 6.92 Å². The Balaban J connectivity index is 1.47. The third-order valence-corrected chi connectivity index (χ3v) is 6.38. The van der Waals surface area contributed by atoms with Gasteiger partial charge in [-0.15, -0.1) is 0 Å². The van der Waals surface area contributed by atoms with Gasteiger partial charge in [-0.25, -0.2) is 13.8 Å². The van der Waals surface area contributed by atoms with Crippen molar-refractivity contribution in [3.8, 4) is 5.69 Å². The number of benzene rings is 1. The van der Waals surface area contributed by atoms with Crippen LogP contribution in [0, 0.1) is 18.6 Å². The lowest BCUT2D eigenvalue weighted by molar-refractivity contribution is 0.0600. The molecule has 0 spiro atoms. The molecule has 8 heteroatoms. The molecular formula is C23H22F2N4O2. The number of amides is 1. The Labute approximate surface area is 177 Å². The van der Waals surface area contributed by atoms with E-state index in [2.05, 4.69) is 4.98 Å². The van der Waals surface area contributed by atoms with Gasteiger partial charge >= 0.3 is 0 Å². The van der Waals surface area contributed by atoms with Gasteiger partial charge in [-0.2, -0.15) is 0 Å². The summed E-state index contributed by atoms with van der Waals surface area (Å²) in [6, 6.07) is 6.75. The predicted molar refractivity (Wildman–Crippen MR) is 110 cm³/mol. The molecule has 2 atom stereocenters. The van der Waals surface area contributed by atoms with Crippen LogP contribution in [0.5, 0.6) is 0 Å². The molecule has 2 aliphatic rings. The minimum atomic E-state index is -0.607. The summed E-state index contributed by atoms with van der Waals surface area (Å²) in [5.41, 5.74) is 1.93. The van der Waals surface area contributed by atoms with Crippen molar-refractivity contribution in [3.63, 3.8) is 0 Å². The topological polar surface area (TPSA) is 60.1 Å². The molecule has 6 nitrogen and oxygen atoms in total. The first kappa shape index (κ1) is 19.7. The van der Waals surface area contributed by atoms with Gasteiger partial charge in [0.2, 0.25) is 0 Å². The first-order valence-electron chi connectivity index (χ1n) is 10.4. The molecule has 1 fully saturated rings. The van der Waals surface area contributed by atoms with Crippen LogP contribution in [0.3, 0.4) is 0 Å². The monoisotopic (exact) mass is 424 g/mol. The Hall–Kier alpha value is -3.29. The molecule has 1 saturated carbocycles. The van der Waals surface area contributed by atoms with Gasteiger partial charge in [0.15, 0.2) is 0 Å². The van der Waals surface area contributed by atoms with Gasteiger partial charge in [0, 0.05) is 37.3 Å². The smallest absolute Gasteiger partial charge is 0.275 e. The summed E-state index contributed by atoms with van der Waals surface area (Å²) in [5, 5.41) is 0. The fourth-order valence-corrected chi connectivity index (χ4v) is 4.99. The van der Waals surface area contributed by atoms with Crippen molar-refractivity contribution in [2.75, 3.05) is 6.54 Å². The molecule has 0 radical (unpaired) electrons. The maximum atomic E-state index is 13.8. The summed E-state index contributed by atoms with van der Waals surface area (Å²) in [4.78, 5) is 32.3. The van der Waals surface area contributed by atoms with Crippen LogP contribution >= 0.6 is 0 Å². The number of pyridine rings is 1. The maximum absolute atomic E-state index is 13.8.